The van der Waals surface area contributed by atoms with Crippen LogP contribution in [-0.4, -0.2) is 15.2 Å². The molecule has 1 unspecified atom stereocenters. The fourth-order valence-corrected chi connectivity index (χ4v) is 2.16. The van der Waals surface area contributed by atoms with E-state index >= 15 is 0 Å². The Morgan fingerprint density at radius 3 is 2.21 bits per heavy atom. The molecule has 0 spiro atoms. The second kappa shape index (κ2) is 5.71. The average molecular weight is 258 g/mol. The van der Waals surface area contributed by atoms with E-state index in [2.05, 4.69) is 10.3 Å². The maximum Gasteiger partial charge on any atom is 0.124 e. The molecular formula is C15H18N2O2. The number of phenols is 2. The molecule has 2 aromatic rings. The van der Waals surface area contributed by atoms with Crippen LogP contribution in [0, 0.1) is 0 Å². The van der Waals surface area contributed by atoms with Crippen molar-refractivity contribution < 1.29 is 10.2 Å². The van der Waals surface area contributed by atoms with Crippen LogP contribution < -0.4 is 5.32 Å². The SMILES string of the molecule is CC(N[C@H](C)c1ccccn1)c1c(O)cccc1O. The normalized spacial score (nSPS) is 14.0. The average Bonchev–Trinajstić information content (AvgIpc) is 2.39. The summed E-state index contributed by atoms with van der Waals surface area (Å²) in [5.74, 6) is 0.182. The summed E-state index contributed by atoms with van der Waals surface area (Å²) in [5.41, 5.74) is 1.43. The van der Waals surface area contributed by atoms with E-state index in [4.69, 9.17) is 0 Å². The molecule has 1 aromatic heterocycles. The van der Waals surface area contributed by atoms with Crippen molar-refractivity contribution in [2.75, 3.05) is 0 Å². The first-order valence-corrected chi connectivity index (χ1v) is 6.27. The summed E-state index contributed by atoms with van der Waals surface area (Å²) in [4.78, 5) is 4.28. The lowest BCUT2D eigenvalue weighted by Gasteiger charge is -2.21. The zero-order chi connectivity index (χ0) is 13.8. The number of phenolic OH excluding ortho intramolecular Hbond substituents is 2. The van der Waals surface area contributed by atoms with E-state index in [-0.39, 0.29) is 23.6 Å². The Bertz CT molecular complexity index is 523. The summed E-state index contributed by atoms with van der Waals surface area (Å²) in [6.07, 6.45) is 1.75. The van der Waals surface area contributed by atoms with Crippen LogP contribution >= 0.6 is 0 Å². The molecule has 0 saturated heterocycles. The van der Waals surface area contributed by atoms with E-state index in [1.54, 1.807) is 24.4 Å². The van der Waals surface area contributed by atoms with Gasteiger partial charge < -0.3 is 15.5 Å². The first-order chi connectivity index (χ1) is 9.09. The van der Waals surface area contributed by atoms with Crippen LogP contribution in [0.3, 0.4) is 0 Å². The molecule has 0 radical (unpaired) electrons. The molecule has 0 fully saturated rings. The van der Waals surface area contributed by atoms with Gasteiger partial charge in [0.2, 0.25) is 0 Å². The van der Waals surface area contributed by atoms with Crippen molar-refractivity contribution in [3.8, 4) is 11.5 Å². The molecule has 19 heavy (non-hydrogen) atoms. The summed E-state index contributed by atoms with van der Waals surface area (Å²) < 4.78 is 0. The number of nitrogens with one attached hydrogen (secondary N) is 1. The minimum Gasteiger partial charge on any atom is -0.507 e. The zero-order valence-corrected chi connectivity index (χ0v) is 11.0. The lowest BCUT2D eigenvalue weighted by atomic mass is 10.0. The van der Waals surface area contributed by atoms with Crippen LogP contribution in [0.15, 0.2) is 42.6 Å². The Balaban J connectivity index is 2.15. The van der Waals surface area contributed by atoms with Crippen molar-refractivity contribution in [3.05, 3.63) is 53.9 Å². The third kappa shape index (κ3) is 3.03. The van der Waals surface area contributed by atoms with Gasteiger partial charge in [-0.1, -0.05) is 12.1 Å². The number of nitrogens with zero attached hydrogens (tertiary/aromatic N) is 1. The molecule has 4 nitrogen and oxygen atoms in total. The van der Waals surface area contributed by atoms with Gasteiger partial charge >= 0.3 is 0 Å². The minimum absolute atomic E-state index is 0.0233. The van der Waals surface area contributed by atoms with Gasteiger partial charge in [-0.2, -0.15) is 0 Å². The molecular weight excluding hydrogens is 240 g/mol. The van der Waals surface area contributed by atoms with Crippen LogP contribution in [0.5, 0.6) is 11.5 Å². The number of aromatic nitrogens is 1. The number of hydrogen-bond acceptors (Lipinski definition) is 4. The monoisotopic (exact) mass is 258 g/mol. The van der Waals surface area contributed by atoms with Gasteiger partial charge in [0.15, 0.2) is 0 Å². The van der Waals surface area contributed by atoms with Crippen LogP contribution in [0.2, 0.25) is 0 Å². The van der Waals surface area contributed by atoms with E-state index in [1.165, 1.54) is 0 Å². The van der Waals surface area contributed by atoms with E-state index in [9.17, 15) is 10.2 Å². The Hall–Kier alpha value is -2.07. The zero-order valence-electron chi connectivity index (χ0n) is 11.0. The third-order valence-corrected chi connectivity index (χ3v) is 3.12. The Morgan fingerprint density at radius 2 is 1.63 bits per heavy atom. The molecule has 0 aliphatic heterocycles. The molecule has 2 rings (SSSR count). The molecule has 0 amide bonds. The standard InChI is InChI=1S/C15H18N2O2/c1-10(12-6-3-4-9-16-12)17-11(2)15-13(18)7-5-8-14(15)19/h3-11,17-19H,1-2H3/t10-,11?/m1/s1. The maximum atomic E-state index is 9.83. The summed E-state index contributed by atoms with van der Waals surface area (Å²) in [7, 11) is 0. The summed E-state index contributed by atoms with van der Waals surface area (Å²) in [6, 6.07) is 10.3. The summed E-state index contributed by atoms with van der Waals surface area (Å²) in [6.45, 7) is 3.89. The van der Waals surface area contributed by atoms with Gasteiger partial charge in [0.1, 0.15) is 11.5 Å². The molecule has 2 atom stereocenters. The lowest BCUT2D eigenvalue weighted by Crippen LogP contribution is -2.23. The largest absolute Gasteiger partial charge is 0.507 e. The molecule has 1 heterocycles. The smallest absolute Gasteiger partial charge is 0.124 e. The Morgan fingerprint density at radius 1 is 0.947 bits per heavy atom. The number of hydrogen-bond donors (Lipinski definition) is 3. The molecule has 0 aliphatic carbocycles. The lowest BCUT2D eigenvalue weighted by molar-refractivity contribution is 0.405. The van der Waals surface area contributed by atoms with E-state index in [0.717, 1.165) is 5.69 Å². The fourth-order valence-electron chi connectivity index (χ4n) is 2.16. The maximum absolute atomic E-state index is 9.83. The van der Waals surface area contributed by atoms with Crippen molar-refractivity contribution in [1.82, 2.24) is 10.3 Å². The number of rotatable bonds is 4. The van der Waals surface area contributed by atoms with Crippen molar-refractivity contribution >= 4 is 0 Å². The molecule has 1 aromatic carbocycles. The second-order valence-corrected chi connectivity index (χ2v) is 4.57. The van der Waals surface area contributed by atoms with Crippen LogP contribution in [-0.2, 0) is 0 Å². The highest BCUT2D eigenvalue weighted by Crippen LogP contribution is 2.33. The molecule has 100 valence electrons. The molecule has 0 saturated carbocycles. The van der Waals surface area contributed by atoms with Crippen LogP contribution in [0.25, 0.3) is 0 Å². The van der Waals surface area contributed by atoms with Crippen molar-refractivity contribution in [1.29, 1.82) is 0 Å². The van der Waals surface area contributed by atoms with E-state index in [0.29, 0.717) is 5.56 Å². The third-order valence-electron chi connectivity index (χ3n) is 3.12. The number of pyridine rings is 1. The summed E-state index contributed by atoms with van der Waals surface area (Å²) in [5, 5.41) is 23.0. The van der Waals surface area contributed by atoms with Crippen LogP contribution in [0.1, 0.15) is 37.2 Å². The molecule has 4 heteroatoms. The van der Waals surface area contributed by atoms with Gasteiger partial charge in [0.05, 0.1) is 11.3 Å². The van der Waals surface area contributed by atoms with Gasteiger partial charge in [0.25, 0.3) is 0 Å². The van der Waals surface area contributed by atoms with Gasteiger partial charge in [-0.05, 0) is 38.1 Å². The predicted molar refractivity (Wildman–Crippen MR) is 74.0 cm³/mol. The molecule has 3 N–H and O–H groups in total. The van der Waals surface area contributed by atoms with Crippen molar-refractivity contribution in [2.45, 2.75) is 25.9 Å². The topological polar surface area (TPSA) is 65.4 Å². The predicted octanol–water partition coefficient (Wildman–Crippen LogP) is 2.90. The molecule has 0 bridgehead atoms. The van der Waals surface area contributed by atoms with Crippen molar-refractivity contribution in [2.24, 2.45) is 0 Å². The highest BCUT2D eigenvalue weighted by atomic mass is 16.3. The van der Waals surface area contributed by atoms with Gasteiger partial charge in [-0.15, -0.1) is 0 Å². The highest BCUT2D eigenvalue weighted by molar-refractivity contribution is 5.45. The quantitative estimate of drug-likeness (QED) is 0.789. The second-order valence-electron chi connectivity index (χ2n) is 4.57. The number of benzene rings is 1. The van der Waals surface area contributed by atoms with E-state index in [1.807, 2.05) is 32.0 Å². The van der Waals surface area contributed by atoms with Crippen molar-refractivity contribution in [3.63, 3.8) is 0 Å². The molecule has 0 aliphatic rings. The first-order valence-electron chi connectivity index (χ1n) is 6.27. The highest BCUT2D eigenvalue weighted by Gasteiger charge is 2.17. The van der Waals surface area contributed by atoms with Gasteiger partial charge in [-0.25, -0.2) is 0 Å². The Labute approximate surface area is 112 Å². The minimum atomic E-state index is -0.182. The first kappa shape index (κ1) is 13.4. The van der Waals surface area contributed by atoms with Gasteiger partial charge in [-0.3, -0.25) is 4.98 Å². The Kier molecular flexibility index (Phi) is 4.02. The summed E-state index contributed by atoms with van der Waals surface area (Å²) >= 11 is 0. The van der Waals surface area contributed by atoms with E-state index < -0.39 is 0 Å². The fraction of sp³-hybridized carbons (Fsp3) is 0.267. The van der Waals surface area contributed by atoms with Crippen LogP contribution in [0.4, 0.5) is 0 Å². The number of aromatic hydroxyl groups is 2. The van der Waals surface area contributed by atoms with Gasteiger partial charge in [0, 0.05) is 18.3 Å².